The molecule has 24 heavy (non-hydrogen) atoms. The molecule has 0 bridgehead atoms. The molecule has 0 saturated carbocycles. The molecule has 0 aliphatic carbocycles. The van der Waals surface area contributed by atoms with Crippen LogP contribution in [0.5, 0.6) is 0 Å². The molecule has 1 aliphatic heterocycles. The summed E-state index contributed by atoms with van der Waals surface area (Å²) in [4.78, 5) is 13.5. The molecule has 1 fully saturated rings. The van der Waals surface area contributed by atoms with Crippen molar-refractivity contribution in [3.63, 3.8) is 0 Å². The Morgan fingerprint density at radius 2 is 1.92 bits per heavy atom. The van der Waals surface area contributed by atoms with Crippen LogP contribution in [0.3, 0.4) is 0 Å². The minimum Gasteiger partial charge on any atom is -0.443 e. The van der Waals surface area contributed by atoms with E-state index in [0.717, 1.165) is 0 Å². The summed E-state index contributed by atoms with van der Waals surface area (Å²) < 4.78 is 32.2. The Kier molecular flexibility index (Phi) is 4.75. The molecule has 0 radical (unpaired) electrons. The first kappa shape index (κ1) is 16.8. The van der Waals surface area contributed by atoms with Gasteiger partial charge in [-0.2, -0.15) is 0 Å². The fraction of sp³-hybridized carbons (Fsp3) is 0.188. The van der Waals surface area contributed by atoms with Crippen molar-refractivity contribution in [3.05, 3.63) is 59.6 Å². The minimum atomic E-state index is -3.71. The Morgan fingerprint density at radius 1 is 1.17 bits per heavy atom. The van der Waals surface area contributed by atoms with E-state index >= 15 is 0 Å². The zero-order chi connectivity index (χ0) is 17.2. The predicted octanol–water partition coefficient (Wildman–Crippen LogP) is 2.64. The Labute approximate surface area is 145 Å². The quantitative estimate of drug-likeness (QED) is 0.882. The van der Waals surface area contributed by atoms with E-state index in [4.69, 9.17) is 16.3 Å². The topological polar surface area (TPSA) is 75.7 Å². The van der Waals surface area contributed by atoms with E-state index in [1.54, 1.807) is 24.3 Å². The smallest absolute Gasteiger partial charge is 0.414 e. The van der Waals surface area contributed by atoms with Gasteiger partial charge in [0, 0.05) is 17.3 Å². The number of rotatable bonds is 5. The number of sulfonamides is 1. The van der Waals surface area contributed by atoms with Gasteiger partial charge in [0.2, 0.25) is 10.0 Å². The number of para-hydroxylation sites is 1. The molecule has 6 nitrogen and oxygen atoms in total. The van der Waals surface area contributed by atoms with E-state index in [0.29, 0.717) is 10.7 Å². The average Bonchev–Trinajstić information content (AvgIpc) is 2.95. The zero-order valence-electron chi connectivity index (χ0n) is 12.6. The van der Waals surface area contributed by atoms with Crippen molar-refractivity contribution in [2.24, 2.45) is 0 Å². The number of halogens is 1. The molecule has 1 aliphatic rings. The van der Waals surface area contributed by atoms with Crippen LogP contribution < -0.4 is 9.62 Å². The van der Waals surface area contributed by atoms with Crippen molar-refractivity contribution >= 4 is 33.4 Å². The third kappa shape index (κ3) is 3.69. The normalized spacial score (nSPS) is 17.8. The van der Waals surface area contributed by atoms with Crippen LogP contribution in [-0.2, 0) is 14.8 Å². The van der Waals surface area contributed by atoms with Crippen LogP contribution in [-0.4, -0.2) is 33.7 Å². The summed E-state index contributed by atoms with van der Waals surface area (Å²) in [6.07, 6.45) is -1.06. The summed E-state index contributed by atoms with van der Waals surface area (Å²) >= 11 is 5.82. The summed E-state index contributed by atoms with van der Waals surface area (Å²) in [5.41, 5.74) is 0.711. The van der Waals surface area contributed by atoms with Crippen LogP contribution in [0.2, 0.25) is 5.02 Å². The van der Waals surface area contributed by atoms with Crippen LogP contribution in [0.15, 0.2) is 59.5 Å². The van der Waals surface area contributed by atoms with Crippen molar-refractivity contribution in [3.8, 4) is 0 Å². The number of nitrogens with one attached hydrogen (secondary N) is 1. The van der Waals surface area contributed by atoms with Crippen LogP contribution in [0.4, 0.5) is 10.5 Å². The highest BCUT2D eigenvalue weighted by Gasteiger charge is 2.33. The molecule has 1 amide bonds. The highest BCUT2D eigenvalue weighted by molar-refractivity contribution is 7.89. The summed E-state index contributed by atoms with van der Waals surface area (Å²) in [7, 11) is -3.71. The van der Waals surface area contributed by atoms with Gasteiger partial charge in [0.05, 0.1) is 11.4 Å². The Hall–Kier alpha value is -2.09. The lowest BCUT2D eigenvalue weighted by Gasteiger charge is -2.13. The Balaban J connectivity index is 1.65. The first-order valence-corrected chi connectivity index (χ1v) is 9.10. The maximum absolute atomic E-state index is 12.3. The van der Waals surface area contributed by atoms with Gasteiger partial charge in [-0.1, -0.05) is 35.9 Å². The van der Waals surface area contributed by atoms with Gasteiger partial charge in [0.15, 0.2) is 0 Å². The molecule has 1 heterocycles. The molecule has 1 unspecified atom stereocenters. The van der Waals surface area contributed by atoms with E-state index in [-0.39, 0.29) is 18.0 Å². The lowest BCUT2D eigenvalue weighted by Crippen LogP contribution is -2.34. The maximum Gasteiger partial charge on any atom is 0.414 e. The number of benzene rings is 2. The summed E-state index contributed by atoms with van der Waals surface area (Å²) in [6.45, 7) is 0.269. The van der Waals surface area contributed by atoms with Crippen LogP contribution in [0.1, 0.15) is 0 Å². The first-order valence-electron chi connectivity index (χ1n) is 7.24. The number of anilines is 1. The molecule has 1 atom stereocenters. The van der Waals surface area contributed by atoms with Crippen LogP contribution >= 0.6 is 11.6 Å². The van der Waals surface area contributed by atoms with E-state index < -0.39 is 22.2 Å². The predicted molar refractivity (Wildman–Crippen MR) is 90.7 cm³/mol. The van der Waals surface area contributed by atoms with Gasteiger partial charge >= 0.3 is 6.09 Å². The van der Waals surface area contributed by atoms with E-state index in [9.17, 15) is 13.2 Å². The molecule has 0 spiro atoms. The van der Waals surface area contributed by atoms with Crippen molar-refractivity contribution in [1.82, 2.24) is 4.72 Å². The number of carbonyl (C=O) groups excluding carboxylic acids is 1. The SMILES string of the molecule is O=C1OC(CNS(=O)(=O)c2cccc(Cl)c2)CN1c1ccccc1. The van der Waals surface area contributed by atoms with Crippen molar-refractivity contribution in [1.29, 1.82) is 0 Å². The summed E-state index contributed by atoms with van der Waals surface area (Å²) in [5.74, 6) is 0. The Bertz CT molecular complexity index is 842. The summed E-state index contributed by atoms with van der Waals surface area (Å²) in [6, 6.07) is 15.0. The summed E-state index contributed by atoms with van der Waals surface area (Å²) in [5, 5.41) is 0.334. The number of nitrogens with zero attached hydrogens (tertiary/aromatic N) is 1. The van der Waals surface area contributed by atoms with Crippen molar-refractivity contribution in [2.45, 2.75) is 11.0 Å². The second-order valence-electron chi connectivity index (χ2n) is 5.26. The number of cyclic esters (lactones) is 1. The fourth-order valence-electron chi connectivity index (χ4n) is 2.37. The second kappa shape index (κ2) is 6.80. The number of carbonyl (C=O) groups is 1. The monoisotopic (exact) mass is 366 g/mol. The molecule has 3 rings (SSSR count). The fourth-order valence-corrected chi connectivity index (χ4v) is 3.73. The zero-order valence-corrected chi connectivity index (χ0v) is 14.1. The molecule has 126 valence electrons. The van der Waals surface area contributed by atoms with Gasteiger partial charge in [-0.15, -0.1) is 0 Å². The highest BCUT2D eigenvalue weighted by Crippen LogP contribution is 2.21. The average molecular weight is 367 g/mol. The van der Waals surface area contributed by atoms with Gasteiger partial charge in [0.25, 0.3) is 0 Å². The van der Waals surface area contributed by atoms with Gasteiger partial charge < -0.3 is 4.74 Å². The largest absolute Gasteiger partial charge is 0.443 e. The van der Waals surface area contributed by atoms with E-state index in [1.807, 2.05) is 18.2 Å². The highest BCUT2D eigenvalue weighted by atomic mass is 35.5. The maximum atomic E-state index is 12.3. The molecular formula is C16H15ClN2O4S. The molecule has 0 aromatic heterocycles. The number of hydrogen-bond acceptors (Lipinski definition) is 4. The third-order valence-corrected chi connectivity index (χ3v) is 5.21. The van der Waals surface area contributed by atoms with Gasteiger partial charge in [-0.3, -0.25) is 4.90 Å². The van der Waals surface area contributed by atoms with Gasteiger partial charge in [-0.05, 0) is 30.3 Å². The standard InChI is InChI=1S/C16H15ClN2O4S/c17-12-5-4-8-15(9-12)24(21,22)18-10-14-11-19(16(20)23-14)13-6-2-1-3-7-13/h1-9,14,18H,10-11H2. The lowest BCUT2D eigenvalue weighted by molar-refractivity contribution is 0.143. The molecular weight excluding hydrogens is 352 g/mol. The Morgan fingerprint density at radius 3 is 2.62 bits per heavy atom. The van der Waals surface area contributed by atoms with Gasteiger partial charge in [0.1, 0.15) is 6.10 Å². The number of hydrogen-bond donors (Lipinski definition) is 1. The van der Waals surface area contributed by atoms with Gasteiger partial charge in [-0.25, -0.2) is 17.9 Å². The minimum absolute atomic E-state index is 0.01000. The number of ether oxygens (including phenoxy) is 1. The first-order chi connectivity index (χ1) is 11.5. The van der Waals surface area contributed by atoms with Crippen LogP contribution in [0.25, 0.3) is 0 Å². The van der Waals surface area contributed by atoms with Crippen molar-refractivity contribution in [2.75, 3.05) is 18.0 Å². The number of amides is 1. The van der Waals surface area contributed by atoms with E-state index in [1.165, 1.54) is 17.0 Å². The molecule has 2 aromatic carbocycles. The third-order valence-electron chi connectivity index (χ3n) is 3.55. The molecule has 1 saturated heterocycles. The van der Waals surface area contributed by atoms with Crippen molar-refractivity contribution < 1.29 is 17.9 Å². The van der Waals surface area contributed by atoms with E-state index in [2.05, 4.69) is 4.72 Å². The second-order valence-corrected chi connectivity index (χ2v) is 7.46. The molecule has 2 aromatic rings. The van der Waals surface area contributed by atoms with Crippen LogP contribution in [0, 0.1) is 0 Å². The molecule has 1 N–H and O–H groups in total. The lowest BCUT2D eigenvalue weighted by atomic mass is 10.3. The molecule has 8 heteroatoms.